The SMILES string of the molecule is [2H]c1nc([2H])c(C([2H])([2H])C([2H])([2H])C([2H])([2H])[2H])c([2H])c1Br. The molecule has 0 aromatic carbocycles. The van der Waals surface area contributed by atoms with Gasteiger partial charge >= 0.3 is 0 Å². The van der Waals surface area contributed by atoms with E-state index in [1.165, 1.54) is 0 Å². The fourth-order valence-corrected chi connectivity index (χ4v) is 0.707. The topological polar surface area (TPSA) is 12.9 Å². The third-order valence-corrected chi connectivity index (χ3v) is 1.12. The van der Waals surface area contributed by atoms with Gasteiger partial charge in [-0.25, -0.2) is 0 Å². The fraction of sp³-hybridized carbons (Fsp3) is 0.375. The van der Waals surface area contributed by atoms with Gasteiger partial charge in [0.05, 0.1) is 4.11 Å². The molecule has 0 amide bonds. The van der Waals surface area contributed by atoms with Crippen LogP contribution in [0, 0.1) is 0 Å². The molecular weight excluding hydrogens is 190 g/mol. The molecule has 1 aromatic heterocycles. The molecule has 0 saturated carbocycles. The molecule has 0 radical (unpaired) electrons. The second-order valence-electron chi connectivity index (χ2n) is 1.40. The smallest absolute Gasteiger partial charge is 0.0852 e. The third kappa shape index (κ3) is 2.10. The first-order valence-electron chi connectivity index (χ1n) is 7.39. The Labute approximate surface area is 83.7 Å². The van der Waals surface area contributed by atoms with Gasteiger partial charge in [-0.3, -0.25) is 4.98 Å². The molecule has 0 fully saturated rings. The van der Waals surface area contributed by atoms with Gasteiger partial charge in [-0.2, -0.15) is 0 Å². The average molecular weight is 210 g/mol. The highest BCUT2D eigenvalue weighted by Gasteiger charge is 1.91. The molecule has 2 heteroatoms. The largest absolute Gasteiger partial charge is 0.263 e. The van der Waals surface area contributed by atoms with Crippen LogP contribution in [0.1, 0.15) is 32.5 Å². The van der Waals surface area contributed by atoms with Gasteiger partial charge in [0.2, 0.25) is 0 Å². The van der Waals surface area contributed by atoms with Crippen molar-refractivity contribution in [2.24, 2.45) is 0 Å². The second-order valence-corrected chi connectivity index (χ2v) is 2.19. The highest BCUT2D eigenvalue weighted by Crippen LogP contribution is 2.10. The lowest BCUT2D eigenvalue weighted by atomic mass is 10.2. The summed E-state index contributed by atoms with van der Waals surface area (Å²) in [5.74, 6) is 0. The van der Waals surface area contributed by atoms with E-state index in [1.54, 1.807) is 0 Å². The van der Waals surface area contributed by atoms with Crippen LogP contribution in [-0.2, 0) is 6.37 Å². The number of aromatic nitrogens is 1. The van der Waals surface area contributed by atoms with E-state index in [0.29, 0.717) is 0 Å². The number of hydrogen-bond donors (Lipinski definition) is 0. The Bertz CT molecular complexity index is 537. The molecule has 1 nitrogen and oxygen atoms in total. The van der Waals surface area contributed by atoms with Gasteiger partial charge in [0, 0.05) is 26.4 Å². The summed E-state index contributed by atoms with van der Waals surface area (Å²) in [5.41, 5.74) is -0.804. The molecule has 0 bridgehead atoms. The van der Waals surface area contributed by atoms with E-state index >= 15 is 0 Å². The van der Waals surface area contributed by atoms with E-state index in [2.05, 4.69) is 20.9 Å². The van der Waals surface area contributed by atoms with E-state index < -0.39 is 43.5 Å². The number of rotatable bonds is 2. The first kappa shape index (κ1) is 1.86. The van der Waals surface area contributed by atoms with Crippen molar-refractivity contribution in [2.45, 2.75) is 19.6 Å². The van der Waals surface area contributed by atoms with Crippen LogP contribution in [0.5, 0.6) is 0 Å². The van der Waals surface area contributed by atoms with Gasteiger partial charge in [0.25, 0.3) is 0 Å². The van der Waals surface area contributed by atoms with Gasteiger partial charge in [0.15, 0.2) is 0 Å². The third-order valence-electron chi connectivity index (χ3n) is 0.744. The lowest BCUT2D eigenvalue weighted by Gasteiger charge is -1.96. The molecule has 1 rings (SSSR count). The molecule has 1 aromatic rings. The molecule has 0 saturated heterocycles. The zero-order valence-corrected chi connectivity index (χ0v) is 6.41. The van der Waals surface area contributed by atoms with Crippen LogP contribution in [0.15, 0.2) is 22.9 Å². The average Bonchev–Trinajstić information content (AvgIpc) is 2.23. The van der Waals surface area contributed by atoms with Crippen LogP contribution in [0.4, 0.5) is 0 Å². The predicted molar refractivity (Wildman–Crippen MR) is 45.9 cm³/mol. The summed E-state index contributed by atoms with van der Waals surface area (Å²) in [6.07, 6.45) is -7.78. The molecule has 0 spiro atoms. The van der Waals surface area contributed by atoms with Crippen LogP contribution < -0.4 is 0 Å². The molecule has 0 aliphatic rings. The summed E-state index contributed by atoms with van der Waals surface area (Å²) >= 11 is 2.82. The first-order chi connectivity index (χ1) is 8.75. The fourth-order valence-electron chi connectivity index (χ4n) is 0.420. The lowest BCUT2D eigenvalue weighted by molar-refractivity contribution is 0.912. The van der Waals surface area contributed by atoms with Crippen LogP contribution in [0.3, 0.4) is 0 Å². The van der Waals surface area contributed by atoms with Crippen molar-refractivity contribution in [3.8, 4) is 0 Å². The number of halogens is 1. The van der Waals surface area contributed by atoms with Crippen molar-refractivity contribution in [3.63, 3.8) is 0 Å². The van der Waals surface area contributed by atoms with Crippen molar-refractivity contribution < 1.29 is 13.7 Å². The number of nitrogens with zero attached hydrogens (tertiary/aromatic N) is 1. The van der Waals surface area contributed by atoms with Gasteiger partial charge in [-0.05, 0) is 33.9 Å². The predicted octanol–water partition coefficient (Wildman–Crippen LogP) is 2.80. The molecule has 0 aliphatic heterocycles. The van der Waals surface area contributed by atoms with E-state index in [1.807, 2.05) is 0 Å². The van der Waals surface area contributed by atoms with Gasteiger partial charge < -0.3 is 0 Å². The van der Waals surface area contributed by atoms with E-state index in [4.69, 9.17) is 13.7 Å². The van der Waals surface area contributed by atoms with E-state index in [9.17, 15) is 0 Å². The van der Waals surface area contributed by atoms with E-state index in [0.717, 1.165) is 0 Å². The minimum atomic E-state index is -3.32. The Morgan fingerprint density at radius 3 is 3.60 bits per heavy atom. The van der Waals surface area contributed by atoms with E-state index in [-0.39, 0.29) is 4.47 Å². The van der Waals surface area contributed by atoms with Crippen molar-refractivity contribution in [2.75, 3.05) is 0 Å². The Morgan fingerprint density at radius 1 is 1.90 bits per heavy atom. The van der Waals surface area contributed by atoms with Crippen molar-refractivity contribution >= 4 is 15.9 Å². The normalized spacial score (nSPS) is 28.5. The zero-order chi connectivity index (χ0) is 16.1. The summed E-state index contributed by atoms with van der Waals surface area (Å²) in [6.45, 7) is -3.29. The number of hydrogen-bond acceptors (Lipinski definition) is 1. The summed E-state index contributed by atoms with van der Waals surface area (Å²) in [6, 6.07) is -0.659. The molecule has 10 heavy (non-hydrogen) atoms. The summed E-state index contributed by atoms with van der Waals surface area (Å²) in [7, 11) is 0. The molecule has 0 unspecified atom stereocenters. The van der Waals surface area contributed by atoms with Crippen LogP contribution in [0.2, 0.25) is 0 Å². The maximum Gasteiger partial charge on any atom is 0.0852 e. The molecule has 54 valence electrons. The molecule has 0 N–H and O–H groups in total. The highest BCUT2D eigenvalue weighted by molar-refractivity contribution is 9.10. The molecular formula is C8H10BrN. The minimum absolute atomic E-state index is 0.228. The maximum absolute atomic E-state index is 7.74. The first-order valence-corrected chi connectivity index (χ1v) is 3.18. The highest BCUT2D eigenvalue weighted by atomic mass is 79.9. The Balaban J connectivity index is 3.64. The van der Waals surface area contributed by atoms with Crippen LogP contribution in [0.25, 0.3) is 0 Å². The van der Waals surface area contributed by atoms with Crippen LogP contribution in [-0.4, -0.2) is 4.98 Å². The Kier molecular flexibility index (Phi) is 0.691. The van der Waals surface area contributed by atoms with Crippen molar-refractivity contribution in [3.05, 3.63) is 28.4 Å². The monoisotopic (exact) mass is 209 g/mol. The molecule has 0 aliphatic carbocycles. The van der Waals surface area contributed by atoms with Gasteiger partial charge in [0.1, 0.15) is 0 Å². The standard InChI is InChI=1S/C8H10BrN/c1-2-3-7-4-8(9)6-10-5-7/h4-6H,2-3H2,1H3/i1D3,2D2,3D2,4D,5D,6D. The number of pyridine rings is 1. The minimum Gasteiger partial charge on any atom is -0.263 e. The zero-order valence-electron chi connectivity index (χ0n) is 14.8. The quantitative estimate of drug-likeness (QED) is 0.731. The van der Waals surface area contributed by atoms with Crippen molar-refractivity contribution in [1.82, 2.24) is 4.98 Å². The molecule has 0 atom stereocenters. The Morgan fingerprint density at radius 2 is 2.80 bits per heavy atom. The van der Waals surface area contributed by atoms with Gasteiger partial charge in [-0.1, -0.05) is 13.2 Å². The Hall–Kier alpha value is -0.370. The molecule has 1 heterocycles. The van der Waals surface area contributed by atoms with Gasteiger partial charge in [-0.15, -0.1) is 0 Å². The lowest BCUT2D eigenvalue weighted by Crippen LogP contribution is -1.83. The van der Waals surface area contributed by atoms with Crippen molar-refractivity contribution in [1.29, 1.82) is 0 Å². The summed E-state index contributed by atoms with van der Waals surface area (Å²) in [4.78, 5) is 3.37. The maximum atomic E-state index is 7.74. The van der Waals surface area contributed by atoms with Crippen LogP contribution >= 0.6 is 15.9 Å². The summed E-state index contributed by atoms with van der Waals surface area (Å²) in [5, 5.41) is 0. The second kappa shape index (κ2) is 3.71. The summed E-state index contributed by atoms with van der Waals surface area (Å²) < 4.78 is 74.2.